The average molecular weight is 286 g/mol. The highest BCUT2D eigenvalue weighted by molar-refractivity contribution is 5.30. The molecule has 1 aromatic carbocycles. The summed E-state index contributed by atoms with van der Waals surface area (Å²) < 4.78 is 7.87. The van der Waals surface area contributed by atoms with Crippen LogP contribution in [0.1, 0.15) is 25.1 Å². The van der Waals surface area contributed by atoms with Crippen molar-refractivity contribution in [2.45, 2.75) is 26.3 Å². The molecule has 0 saturated carbocycles. The zero-order valence-electron chi connectivity index (χ0n) is 11.5. The van der Waals surface area contributed by atoms with Crippen molar-refractivity contribution in [2.24, 2.45) is 0 Å². The number of benzene rings is 1. The monoisotopic (exact) mass is 286 g/mol. The lowest BCUT2D eigenvalue weighted by atomic mass is 10.3. The maximum atomic E-state index is 11.7. The smallest absolute Gasteiger partial charge is 0.392 e. The fourth-order valence-electron chi connectivity index (χ4n) is 1.97. The second kappa shape index (κ2) is 5.70. The molecule has 0 N–H and O–H groups in total. The van der Waals surface area contributed by atoms with E-state index in [0.29, 0.717) is 18.1 Å². The third kappa shape index (κ3) is 2.73. The van der Waals surface area contributed by atoms with E-state index >= 15 is 0 Å². The Bertz CT molecular complexity index is 773. The molecule has 0 spiro atoms. The van der Waals surface area contributed by atoms with Crippen LogP contribution in [0.25, 0.3) is 5.69 Å². The van der Waals surface area contributed by atoms with Crippen molar-refractivity contribution < 1.29 is 4.42 Å². The summed E-state index contributed by atoms with van der Waals surface area (Å²) in [7, 11) is 0. The number of tetrazole rings is 1. The van der Waals surface area contributed by atoms with Gasteiger partial charge in [0.05, 0.1) is 5.69 Å². The minimum absolute atomic E-state index is 0.161. The first-order valence-electron chi connectivity index (χ1n) is 6.67. The Balaban J connectivity index is 1.90. The second-order valence-electron chi connectivity index (χ2n) is 4.51. The predicted molar refractivity (Wildman–Crippen MR) is 73.0 cm³/mol. The molecule has 108 valence electrons. The second-order valence-corrected chi connectivity index (χ2v) is 4.51. The third-order valence-electron chi connectivity index (χ3n) is 2.94. The van der Waals surface area contributed by atoms with Gasteiger partial charge in [0, 0.05) is 6.42 Å². The number of rotatable bonds is 5. The van der Waals surface area contributed by atoms with Gasteiger partial charge < -0.3 is 4.42 Å². The summed E-state index contributed by atoms with van der Waals surface area (Å²) in [4.78, 5) is 11.7. The largest absolute Gasteiger partial charge is 0.437 e. The molecule has 3 rings (SSSR count). The molecule has 8 nitrogen and oxygen atoms in total. The van der Waals surface area contributed by atoms with E-state index in [-0.39, 0.29) is 6.54 Å². The average Bonchev–Trinajstić information content (AvgIpc) is 3.08. The van der Waals surface area contributed by atoms with Gasteiger partial charge in [0.1, 0.15) is 6.54 Å². The molecular formula is C13H14N6O2. The predicted octanol–water partition coefficient (Wildman–Crippen LogP) is 0.813. The van der Waals surface area contributed by atoms with E-state index < -0.39 is 5.76 Å². The summed E-state index contributed by atoms with van der Waals surface area (Å²) in [6.45, 7) is 2.16. The lowest BCUT2D eigenvalue weighted by Gasteiger charge is -2.02. The number of aryl methyl sites for hydroxylation is 1. The van der Waals surface area contributed by atoms with Crippen LogP contribution in [0.4, 0.5) is 0 Å². The fourth-order valence-corrected chi connectivity index (χ4v) is 1.97. The van der Waals surface area contributed by atoms with Gasteiger partial charge >= 0.3 is 5.76 Å². The normalized spacial score (nSPS) is 10.9. The van der Waals surface area contributed by atoms with Gasteiger partial charge in [0.15, 0.2) is 5.82 Å². The van der Waals surface area contributed by atoms with E-state index in [1.54, 1.807) is 4.68 Å². The van der Waals surface area contributed by atoms with Crippen LogP contribution in [-0.2, 0) is 13.0 Å². The topological polar surface area (TPSA) is 91.6 Å². The van der Waals surface area contributed by atoms with Crippen molar-refractivity contribution in [2.75, 3.05) is 0 Å². The van der Waals surface area contributed by atoms with Crippen molar-refractivity contribution in [1.29, 1.82) is 0 Å². The van der Waals surface area contributed by atoms with Crippen LogP contribution >= 0.6 is 0 Å². The minimum Gasteiger partial charge on any atom is -0.392 e. The Morgan fingerprint density at radius 1 is 1.24 bits per heavy atom. The zero-order valence-corrected chi connectivity index (χ0v) is 11.5. The Labute approximate surface area is 120 Å². The van der Waals surface area contributed by atoms with Crippen LogP contribution in [-0.4, -0.2) is 30.0 Å². The van der Waals surface area contributed by atoms with Gasteiger partial charge in [-0.05, 0) is 29.0 Å². The van der Waals surface area contributed by atoms with E-state index in [9.17, 15) is 4.79 Å². The molecule has 0 radical (unpaired) electrons. The highest BCUT2D eigenvalue weighted by atomic mass is 16.4. The summed E-state index contributed by atoms with van der Waals surface area (Å²) in [5, 5.41) is 15.7. The summed E-state index contributed by atoms with van der Waals surface area (Å²) in [5.74, 6) is 0.446. The van der Waals surface area contributed by atoms with Gasteiger partial charge in [-0.2, -0.15) is 9.36 Å². The van der Waals surface area contributed by atoms with Gasteiger partial charge in [-0.25, -0.2) is 4.79 Å². The number of para-hydroxylation sites is 1. The van der Waals surface area contributed by atoms with E-state index in [1.165, 1.54) is 4.68 Å². The van der Waals surface area contributed by atoms with Crippen LogP contribution in [0.5, 0.6) is 0 Å². The molecule has 2 heterocycles. The molecule has 0 bridgehead atoms. The minimum atomic E-state index is -0.499. The SMILES string of the molecule is CCCc1nn(Cc2nnnn2-c2ccccc2)c(=O)o1. The fraction of sp³-hybridized carbons (Fsp3) is 0.308. The third-order valence-corrected chi connectivity index (χ3v) is 2.94. The molecule has 0 aliphatic rings. The molecule has 0 aliphatic heterocycles. The molecule has 0 atom stereocenters. The maximum absolute atomic E-state index is 11.7. The van der Waals surface area contributed by atoms with E-state index in [0.717, 1.165) is 12.1 Å². The molecule has 3 aromatic rings. The van der Waals surface area contributed by atoms with E-state index in [1.807, 2.05) is 37.3 Å². The molecule has 0 aliphatic carbocycles. The number of hydrogen-bond acceptors (Lipinski definition) is 6. The van der Waals surface area contributed by atoms with Gasteiger partial charge in [0.2, 0.25) is 5.89 Å². The lowest BCUT2D eigenvalue weighted by molar-refractivity contribution is 0.446. The van der Waals surface area contributed by atoms with Crippen LogP contribution in [0.2, 0.25) is 0 Å². The first-order valence-corrected chi connectivity index (χ1v) is 6.67. The summed E-state index contributed by atoms with van der Waals surface area (Å²) >= 11 is 0. The highest BCUT2D eigenvalue weighted by Gasteiger charge is 2.13. The molecular weight excluding hydrogens is 272 g/mol. The maximum Gasteiger partial charge on any atom is 0.437 e. The van der Waals surface area contributed by atoms with Crippen LogP contribution in [0.15, 0.2) is 39.5 Å². The Morgan fingerprint density at radius 2 is 2.05 bits per heavy atom. The number of nitrogens with zero attached hydrogens (tertiary/aromatic N) is 6. The van der Waals surface area contributed by atoms with Gasteiger partial charge in [0.25, 0.3) is 0 Å². The Kier molecular flexibility index (Phi) is 3.59. The summed E-state index contributed by atoms with van der Waals surface area (Å²) in [6.07, 6.45) is 1.49. The molecule has 21 heavy (non-hydrogen) atoms. The van der Waals surface area contributed by atoms with E-state index in [2.05, 4.69) is 20.6 Å². The first kappa shape index (κ1) is 13.2. The number of hydrogen-bond donors (Lipinski definition) is 0. The Hall–Kier alpha value is -2.77. The van der Waals surface area contributed by atoms with Crippen molar-refractivity contribution >= 4 is 0 Å². The van der Waals surface area contributed by atoms with E-state index in [4.69, 9.17) is 4.42 Å². The summed E-state index contributed by atoms with van der Waals surface area (Å²) in [5.41, 5.74) is 0.822. The van der Waals surface area contributed by atoms with Crippen molar-refractivity contribution in [3.63, 3.8) is 0 Å². The molecule has 0 amide bonds. The van der Waals surface area contributed by atoms with Crippen LogP contribution in [0, 0.1) is 0 Å². The standard InChI is InChI=1S/C13H14N6O2/c1-2-6-12-15-18(13(20)21-12)9-11-14-16-17-19(11)10-7-4-3-5-8-10/h3-5,7-8H,2,6,9H2,1H3. The molecule has 0 saturated heterocycles. The van der Waals surface area contributed by atoms with Crippen molar-refractivity contribution in [1.82, 2.24) is 30.0 Å². The number of aromatic nitrogens is 6. The first-order chi connectivity index (χ1) is 10.3. The summed E-state index contributed by atoms with van der Waals surface area (Å²) in [6, 6.07) is 9.46. The quantitative estimate of drug-likeness (QED) is 0.689. The van der Waals surface area contributed by atoms with Crippen LogP contribution in [0.3, 0.4) is 0 Å². The highest BCUT2D eigenvalue weighted by Crippen LogP contribution is 2.07. The molecule has 0 unspecified atom stereocenters. The molecule has 2 aromatic heterocycles. The zero-order chi connectivity index (χ0) is 14.7. The van der Waals surface area contributed by atoms with Gasteiger partial charge in [-0.3, -0.25) is 0 Å². The van der Waals surface area contributed by atoms with Crippen LogP contribution < -0.4 is 5.76 Å². The van der Waals surface area contributed by atoms with Crippen molar-refractivity contribution in [3.8, 4) is 5.69 Å². The Morgan fingerprint density at radius 3 is 2.81 bits per heavy atom. The van der Waals surface area contributed by atoms with Crippen molar-refractivity contribution in [3.05, 3.63) is 52.6 Å². The molecule has 8 heteroatoms. The molecule has 0 fully saturated rings. The van der Waals surface area contributed by atoms with Gasteiger partial charge in [-0.1, -0.05) is 25.1 Å². The van der Waals surface area contributed by atoms with Gasteiger partial charge in [-0.15, -0.1) is 10.2 Å². The lowest BCUT2D eigenvalue weighted by Crippen LogP contribution is -2.19.